The van der Waals surface area contributed by atoms with Gasteiger partial charge in [-0.2, -0.15) is 0 Å². The Morgan fingerprint density at radius 3 is 2.53 bits per heavy atom. The van der Waals surface area contributed by atoms with Crippen molar-refractivity contribution in [1.29, 1.82) is 0 Å². The summed E-state index contributed by atoms with van der Waals surface area (Å²) in [7, 11) is 0. The highest BCUT2D eigenvalue weighted by molar-refractivity contribution is 5.78. The summed E-state index contributed by atoms with van der Waals surface area (Å²) in [5, 5.41) is 6.22. The fraction of sp³-hybridized carbons (Fsp3) is 0.917. The lowest BCUT2D eigenvalue weighted by atomic mass is 10.1. The van der Waals surface area contributed by atoms with Gasteiger partial charge in [-0.15, -0.1) is 0 Å². The van der Waals surface area contributed by atoms with Crippen molar-refractivity contribution < 1.29 is 4.79 Å². The molecular formula is C12H24N2O. The van der Waals surface area contributed by atoms with Crippen LogP contribution in [0.1, 0.15) is 33.6 Å². The number of amides is 1. The van der Waals surface area contributed by atoms with E-state index in [4.69, 9.17) is 0 Å². The monoisotopic (exact) mass is 212 g/mol. The molecule has 1 amide bonds. The van der Waals surface area contributed by atoms with Gasteiger partial charge in [-0.25, -0.2) is 0 Å². The van der Waals surface area contributed by atoms with Crippen molar-refractivity contribution in [2.45, 2.75) is 33.6 Å². The SMILES string of the molecule is CCNCC(C)C(=O)NCC(C)C1CC1. The molecule has 15 heavy (non-hydrogen) atoms. The fourth-order valence-electron chi connectivity index (χ4n) is 1.72. The normalized spacial score (nSPS) is 19.7. The molecule has 1 aliphatic rings. The first-order chi connectivity index (χ1) is 7.15. The highest BCUT2D eigenvalue weighted by Crippen LogP contribution is 2.36. The highest BCUT2D eigenvalue weighted by atomic mass is 16.1. The standard InChI is InChI=1S/C12H24N2O/c1-4-13-7-10(3)12(15)14-8-9(2)11-5-6-11/h9-11,13H,4-8H2,1-3H3,(H,14,15). The summed E-state index contributed by atoms with van der Waals surface area (Å²) in [6, 6.07) is 0. The molecule has 2 atom stereocenters. The number of nitrogens with one attached hydrogen (secondary N) is 2. The van der Waals surface area contributed by atoms with Gasteiger partial charge in [0.1, 0.15) is 0 Å². The van der Waals surface area contributed by atoms with Gasteiger partial charge in [0.25, 0.3) is 0 Å². The number of rotatable bonds is 7. The number of hydrogen-bond donors (Lipinski definition) is 2. The Labute approximate surface area is 93.0 Å². The van der Waals surface area contributed by atoms with Crippen LogP contribution in [0.15, 0.2) is 0 Å². The van der Waals surface area contributed by atoms with Crippen LogP contribution in [0.5, 0.6) is 0 Å². The Morgan fingerprint density at radius 2 is 2.00 bits per heavy atom. The molecule has 88 valence electrons. The van der Waals surface area contributed by atoms with Gasteiger partial charge in [0.2, 0.25) is 5.91 Å². The first-order valence-corrected chi connectivity index (χ1v) is 6.13. The molecule has 0 aromatic rings. The van der Waals surface area contributed by atoms with Crippen molar-refractivity contribution >= 4 is 5.91 Å². The van der Waals surface area contributed by atoms with E-state index in [9.17, 15) is 4.79 Å². The van der Waals surface area contributed by atoms with E-state index in [2.05, 4.69) is 24.5 Å². The van der Waals surface area contributed by atoms with E-state index >= 15 is 0 Å². The van der Waals surface area contributed by atoms with Gasteiger partial charge in [0, 0.05) is 19.0 Å². The molecule has 0 saturated heterocycles. The van der Waals surface area contributed by atoms with E-state index in [-0.39, 0.29) is 11.8 Å². The zero-order valence-electron chi connectivity index (χ0n) is 10.2. The Hall–Kier alpha value is -0.570. The van der Waals surface area contributed by atoms with Gasteiger partial charge in [-0.1, -0.05) is 20.8 Å². The van der Waals surface area contributed by atoms with E-state index in [1.807, 2.05) is 6.92 Å². The van der Waals surface area contributed by atoms with Crippen LogP contribution in [0.2, 0.25) is 0 Å². The van der Waals surface area contributed by atoms with Gasteiger partial charge < -0.3 is 10.6 Å². The molecule has 1 fully saturated rings. The van der Waals surface area contributed by atoms with Crippen LogP contribution in [0.4, 0.5) is 0 Å². The molecule has 1 rings (SSSR count). The summed E-state index contributed by atoms with van der Waals surface area (Å²) < 4.78 is 0. The minimum Gasteiger partial charge on any atom is -0.356 e. The van der Waals surface area contributed by atoms with E-state index in [1.165, 1.54) is 12.8 Å². The Balaban J connectivity index is 2.10. The van der Waals surface area contributed by atoms with Gasteiger partial charge in [-0.05, 0) is 31.2 Å². The fourth-order valence-corrected chi connectivity index (χ4v) is 1.72. The maximum Gasteiger partial charge on any atom is 0.224 e. The lowest BCUT2D eigenvalue weighted by Gasteiger charge is -2.15. The van der Waals surface area contributed by atoms with Crippen LogP contribution in [0.25, 0.3) is 0 Å². The molecule has 1 aliphatic carbocycles. The lowest BCUT2D eigenvalue weighted by molar-refractivity contribution is -0.124. The summed E-state index contributed by atoms with van der Waals surface area (Å²) in [4.78, 5) is 11.6. The van der Waals surface area contributed by atoms with Crippen molar-refractivity contribution in [3.8, 4) is 0 Å². The largest absolute Gasteiger partial charge is 0.356 e. The van der Waals surface area contributed by atoms with E-state index in [0.29, 0.717) is 5.92 Å². The zero-order valence-corrected chi connectivity index (χ0v) is 10.2. The summed E-state index contributed by atoms with van der Waals surface area (Å²) >= 11 is 0. The highest BCUT2D eigenvalue weighted by Gasteiger charge is 2.28. The van der Waals surface area contributed by atoms with Gasteiger partial charge in [-0.3, -0.25) is 4.79 Å². The first kappa shape index (κ1) is 12.5. The van der Waals surface area contributed by atoms with Crippen LogP contribution in [0, 0.1) is 17.8 Å². The van der Waals surface area contributed by atoms with Crippen molar-refractivity contribution in [1.82, 2.24) is 10.6 Å². The molecule has 0 aliphatic heterocycles. The Morgan fingerprint density at radius 1 is 1.33 bits per heavy atom. The number of carbonyl (C=O) groups excluding carboxylic acids is 1. The first-order valence-electron chi connectivity index (χ1n) is 6.13. The van der Waals surface area contributed by atoms with Gasteiger partial charge >= 0.3 is 0 Å². The molecule has 0 aromatic heterocycles. The zero-order chi connectivity index (χ0) is 11.3. The summed E-state index contributed by atoms with van der Waals surface area (Å²) in [6.07, 6.45) is 2.70. The quantitative estimate of drug-likeness (QED) is 0.669. The van der Waals surface area contributed by atoms with Crippen LogP contribution in [0.3, 0.4) is 0 Å². The molecule has 0 bridgehead atoms. The van der Waals surface area contributed by atoms with Gasteiger partial charge in [0.15, 0.2) is 0 Å². The van der Waals surface area contributed by atoms with E-state index in [1.54, 1.807) is 0 Å². The minimum atomic E-state index is 0.0800. The average molecular weight is 212 g/mol. The number of hydrogen-bond acceptors (Lipinski definition) is 2. The lowest BCUT2D eigenvalue weighted by Crippen LogP contribution is -2.37. The molecule has 0 radical (unpaired) electrons. The third-order valence-corrected chi connectivity index (χ3v) is 3.17. The van der Waals surface area contributed by atoms with Gasteiger partial charge in [0.05, 0.1) is 0 Å². The van der Waals surface area contributed by atoms with Crippen LogP contribution in [-0.2, 0) is 4.79 Å². The van der Waals surface area contributed by atoms with Crippen molar-refractivity contribution in [3.05, 3.63) is 0 Å². The smallest absolute Gasteiger partial charge is 0.224 e. The molecule has 0 aromatic carbocycles. The average Bonchev–Trinajstić information content (AvgIpc) is 3.05. The Kier molecular flexibility index (Phi) is 5.09. The third-order valence-electron chi connectivity index (χ3n) is 3.17. The third kappa shape index (κ3) is 4.65. The van der Waals surface area contributed by atoms with Crippen LogP contribution in [-0.4, -0.2) is 25.5 Å². The molecular weight excluding hydrogens is 188 g/mol. The Bertz CT molecular complexity index is 202. The summed E-state index contributed by atoms with van der Waals surface area (Å²) in [6.45, 7) is 8.81. The van der Waals surface area contributed by atoms with Crippen LogP contribution >= 0.6 is 0 Å². The van der Waals surface area contributed by atoms with Crippen molar-refractivity contribution in [3.63, 3.8) is 0 Å². The summed E-state index contributed by atoms with van der Waals surface area (Å²) in [5.41, 5.74) is 0. The molecule has 3 nitrogen and oxygen atoms in total. The second kappa shape index (κ2) is 6.11. The maximum absolute atomic E-state index is 11.6. The molecule has 0 spiro atoms. The predicted octanol–water partition coefficient (Wildman–Crippen LogP) is 1.39. The second-order valence-electron chi connectivity index (χ2n) is 4.77. The number of carbonyl (C=O) groups is 1. The molecule has 2 unspecified atom stereocenters. The summed E-state index contributed by atoms with van der Waals surface area (Å²) in [5.74, 6) is 1.79. The molecule has 0 heterocycles. The van der Waals surface area contributed by atoms with Crippen molar-refractivity contribution in [2.75, 3.05) is 19.6 Å². The molecule has 1 saturated carbocycles. The molecule has 3 heteroatoms. The van der Waals surface area contributed by atoms with Crippen LogP contribution < -0.4 is 10.6 Å². The van der Waals surface area contributed by atoms with E-state index in [0.717, 1.165) is 25.6 Å². The van der Waals surface area contributed by atoms with E-state index < -0.39 is 0 Å². The maximum atomic E-state index is 11.6. The predicted molar refractivity (Wildman–Crippen MR) is 62.6 cm³/mol. The molecule has 2 N–H and O–H groups in total. The van der Waals surface area contributed by atoms with Crippen molar-refractivity contribution in [2.24, 2.45) is 17.8 Å². The minimum absolute atomic E-state index is 0.0800. The topological polar surface area (TPSA) is 41.1 Å². The second-order valence-corrected chi connectivity index (χ2v) is 4.77.